The van der Waals surface area contributed by atoms with Crippen molar-refractivity contribution in [1.29, 1.82) is 0 Å². The van der Waals surface area contributed by atoms with Crippen LogP contribution in [-0.4, -0.2) is 22.1 Å². The van der Waals surface area contributed by atoms with Gasteiger partial charge in [0.1, 0.15) is 5.78 Å². The molecule has 136 valence electrons. The first kappa shape index (κ1) is 18.6. The summed E-state index contributed by atoms with van der Waals surface area (Å²) >= 11 is 6.28. The molecule has 1 N–H and O–H groups in total. The molecule has 0 amide bonds. The van der Waals surface area contributed by atoms with Gasteiger partial charge in [-0.25, -0.2) is 0 Å². The molecule has 0 radical (unpaired) electrons. The van der Waals surface area contributed by atoms with Gasteiger partial charge in [-0.2, -0.15) is 0 Å². The van der Waals surface area contributed by atoms with Crippen LogP contribution in [0.1, 0.15) is 75.5 Å². The summed E-state index contributed by atoms with van der Waals surface area (Å²) in [6.45, 7) is 4.10. The van der Waals surface area contributed by atoms with Crippen LogP contribution in [0.25, 0.3) is 0 Å². The fraction of sp³-hybridized carbons (Fsp3) is 0.619. The molecule has 0 bridgehead atoms. The van der Waals surface area contributed by atoms with Crippen molar-refractivity contribution >= 4 is 23.1 Å². The highest BCUT2D eigenvalue weighted by Gasteiger charge is 2.30. The van der Waals surface area contributed by atoms with Crippen LogP contribution in [0.3, 0.4) is 0 Å². The molecule has 2 aliphatic rings. The van der Waals surface area contributed by atoms with Crippen molar-refractivity contribution in [3.05, 3.63) is 33.8 Å². The highest BCUT2D eigenvalue weighted by atomic mass is 35.5. The van der Waals surface area contributed by atoms with Crippen molar-refractivity contribution in [2.24, 2.45) is 10.9 Å². The maximum atomic E-state index is 12.9. The Kier molecular flexibility index (Phi) is 5.65. The number of nitrogens with zero attached hydrogens (tertiary/aromatic N) is 1. The third-order valence-electron chi connectivity index (χ3n) is 5.47. The van der Waals surface area contributed by atoms with E-state index in [0.29, 0.717) is 22.8 Å². The van der Waals surface area contributed by atoms with Gasteiger partial charge < -0.3 is 5.11 Å². The largest absolute Gasteiger partial charge is 0.392 e. The molecule has 1 aliphatic carbocycles. The quantitative estimate of drug-likeness (QED) is 0.776. The van der Waals surface area contributed by atoms with Crippen LogP contribution < -0.4 is 0 Å². The number of benzene rings is 1. The normalized spacial score (nSPS) is 20.6. The maximum Gasteiger partial charge on any atom is 0.141 e. The number of aliphatic hydroxyl groups is 1. The van der Waals surface area contributed by atoms with Crippen molar-refractivity contribution in [3.8, 4) is 0 Å². The number of aliphatic hydroxyl groups excluding tert-OH is 1. The summed E-state index contributed by atoms with van der Waals surface area (Å²) in [5.74, 6) is 0.507. The van der Waals surface area contributed by atoms with Crippen LogP contribution in [0, 0.1) is 5.92 Å². The predicted octanol–water partition coefficient (Wildman–Crippen LogP) is 4.89. The second-order valence-electron chi connectivity index (χ2n) is 8.14. The lowest BCUT2D eigenvalue weighted by atomic mass is 9.83. The monoisotopic (exact) mass is 361 g/mol. The number of Topliss-reactive ketones (excluding diaryl/α,β-unsaturated/α-hetero) is 1. The van der Waals surface area contributed by atoms with Gasteiger partial charge in [-0.05, 0) is 61.9 Å². The molecule has 3 nitrogen and oxygen atoms in total. The zero-order valence-electron chi connectivity index (χ0n) is 15.3. The van der Waals surface area contributed by atoms with E-state index >= 15 is 0 Å². The smallest absolute Gasteiger partial charge is 0.141 e. The summed E-state index contributed by atoms with van der Waals surface area (Å²) in [5.41, 5.74) is 3.47. The van der Waals surface area contributed by atoms with Crippen LogP contribution in [0.15, 0.2) is 17.1 Å². The molecular formula is C21H28ClNO2. The van der Waals surface area contributed by atoms with Crippen molar-refractivity contribution in [2.45, 2.75) is 77.4 Å². The molecule has 0 saturated heterocycles. The Morgan fingerprint density at radius 2 is 1.92 bits per heavy atom. The lowest BCUT2D eigenvalue weighted by Crippen LogP contribution is -2.31. The zero-order chi connectivity index (χ0) is 18.0. The first-order valence-electron chi connectivity index (χ1n) is 9.43. The fourth-order valence-electron chi connectivity index (χ4n) is 4.17. The fourth-order valence-corrected chi connectivity index (χ4v) is 4.42. The third kappa shape index (κ3) is 4.32. The number of ketones is 1. The highest BCUT2D eigenvalue weighted by Crippen LogP contribution is 2.33. The van der Waals surface area contributed by atoms with Gasteiger partial charge in [-0.1, -0.05) is 37.3 Å². The molecule has 4 heteroatoms. The van der Waals surface area contributed by atoms with E-state index in [1.807, 2.05) is 12.1 Å². The van der Waals surface area contributed by atoms with Crippen LogP contribution in [0.5, 0.6) is 0 Å². The average molecular weight is 362 g/mol. The van der Waals surface area contributed by atoms with Crippen LogP contribution >= 0.6 is 11.6 Å². The lowest BCUT2D eigenvalue weighted by Gasteiger charge is -2.30. The number of fused-ring (bicyclic) bond motifs is 1. The van der Waals surface area contributed by atoms with E-state index in [0.717, 1.165) is 48.9 Å². The van der Waals surface area contributed by atoms with Gasteiger partial charge in [0.05, 0.1) is 17.9 Å². The number of carbonyl (C=O) groups is 1. The number of halogens is 1. The Morgan fingerprint density at radius 1 is 1.24 bits per heavy atom. The molecule has 1 saturated carbocycles. The topological polar surface area (TPSA) is 49.7 Å². The molecule has 1 aromatic carbocycles. The number of carbonyl (C=O) groups excluding carboxylic acids is 1. The summed E-state index contributed by atoms with van der Waals surface area (Å²) in [7, 11) is 0. The minimum Gasteiger partial charge on any atom is -0.392 e. The van der Waals surface area contributed by atoms with Crippen LogP contribution in [0.4, 0.5) is 0 Å². The van der Waals surface area contributed by atoms with Crippen LogP contribution in [0.2, 0.25) is 5.02 Å². The molecule has 0 atom stereocenters. The predicted molar refractivity (Wildman–Crippen MR) is 103 cm³/mol. The average Bonchev–Trinajstić information content (AvgIpc) is 2.82. The number of rotatable bonds is 4. The summed E-state index contributed by atoms with van der Waals surface area (Å²) in [6, 6.07) is 3.86. The number of aliphatic imine (C=N–C) groups is 1. The Bertz CT molecular complexity index is 685. The van der Waals surface area contributed by atoms with Gasteiger partial charge in [-0.3, -0.25) is 9.79 Å². The molecule has 0 unspecified atom stereocenters. The van der Waals surface area contributed by atoms with E-state index < -0.39 is 0 Å². The van der Waals surface area contributed by atoms with E-state index in [1.165, 1.54) is 12.8 Å². The van der Waals surface area contributed by atoms with E-state index in [4.69, 9.17) is 16.6 Å². The Morgan fingerprint density at radius 3 is 2.56 bits per heavy atom. The minimum atomic E-state index is -0.226. The van der Waals surface area contributed by atoms with Crippen molar-refractivity contribution in [3.63, 3.8) is 0 Å². The second-order valence-corrected chi connectivity index (χ2v) is 8.55. The standard InChI is InChI=1S/C21H28ClNO2/c1-21(2)12-15-10-18(22)16(13-24)9-17(15)19(23-21)11-20(25)14-7-5-3-4-6-8-14/h9-10,14,24H,3-8,11-13H2,1-2H3. The van der Waals surface area contributed by atoms with E-state index in [1.54, 1.807) is 0 Å². The third-order valence-corrected chi connectivity index (χ3v) is 5.82. The molecule has 1 aromatic rings. The SMILES string of the molecule is CC1(C)Cc2cc(Cl)c(CO)cc2C(CC(=O)C2CCCCCC2)=N1. The van der Waals surface area contributed by atoms with Gasteiger partial charge in [0, 0.05) is 17.4 Å². The minimum absolute atomic E-state index is 0.0979. The van der Waals surface area contributed by atoms with Gasteiger partial charge in [0.15, 0.2) is 0 Å². The summed E-state index contributed by atoms with van der Waals surface area (Å²) in [4.78, 5) is 17.8. The molecular weight excluding hydrogens is 334 g/mol. The summed E-state index contributed by atoms with van der Waals surface area (Å²) < 4.78 is 0. The first-order valence-corrected chi connectivity index (χ1v) is 9.81. The summed E-state index contributed by atoms with van der Waals surface area (Å²) in [6.07, 6.45) is 8.06. The van der Waals surface area contributed by atoms with Gasteiger partial charge in [0.2, 0.25) is 0 Å². The first-order chi connectivity index (χ1) is 11.9. The Hall–Kier alpha value is -1.19. The highest BCUT2D eigenvalue weighted by molar-refractivity contribution is 6.31. The Labute approximate surface area is 155 Å². The number of hydrogen-bond donors (Lipinski definition) is 1. The molecule has 1 fully saturated rings. The van der Waals surface area contributed by atoms with Crippen molar-refractivity contribution in [1.82, 2.24) is 0 Å². The van der Waals surface area contributed by atoms with Gasteiger partial charge >= 0.3 is 0 Å². The summed E-state index contributed by atoms with van der Waals surface area (Å²) in [5, 5.41) is 10.1. The van der Waals surface area contributed by atoms with Crippen molar-refractivity contribution in [2.75, 3.05) is 0 Å². The lowest BCUT2D eigenvalue weighted by molar-refractivity contribution is -0.122. The van der Waals surface area contributed by atoms with E-state index in [9.17, 15) is 9.90 Å². The molecule has 3 rings (SSSR count). The van der Waals surface area contributed by atoms with E-state index in [2.05, 4.69) is 13.8 Å². The molecule has 0 spiro atoms. The van der Waals surface area contributed by atoms with Crippen molar-refractivity contribution < 1.29 is 9.90 Å². The molecule has 25 heavy (non-hydrogen) atoms. The van der Waals surface area contributed by atoms with E-state index in [-0.39, 0.29) is 18.1 Å². The molecule has 0 aromatic heterocycles. The molecule has 1 heterocycles. The zero-order valence-corrected chi connectivity index (χ0v) is 16.0. The second kappa shape index (κ2) is 7.59. The van der Waals surface area contributed by atoms with Crippen LogP contribution in [-0.2, 0) is 17.8 Å². The molecule has 1 aliphatic heterocycles. The number of hydrogen-bond acceptors (Lipinski definition) is 3. The maximum absolute atomic E-state index is 12.9. The Balaban J connectivity index is 1.89. The van der Waals surface area contributed by atoms with Gasteiger partial charge in [-0.15, -0.1) is 0 Å². The van der Waals surface area contributed by atoms with Gasteiger partial charge in [0.25, 0.3) is 0 Å².